The summed E-state index contributed by atoms with van der Waals surface area (Å²) in [5.41, 5.74) is 0. The Labute approximate surface area is 147 Å². The fourth-order valence-electron chi connectivity index (χ4n) is 3.56. The first-order valence-electron chi connectivity index (χ1n) is 9.78. The Kier molecular flexibility index (Phi) is 11.2. The Morgan fingerprint density at radius 2 is 1.83 bits per heavy atom. The molecule has 4 nitrogen and oxygen atoms in total. The van der Waals surface area contributed by atoms with Crippen molar-refractivity contribution >= 4 is 5.78 Å². The van der Waals surface area contributed by atoms with Gasteiger partial charge in [0.15, 0.2) is 0 Å². The highest BCUT2D eigenvalue weighted by Gasteiger charge is 2.39. The van der Waals surface area contributed by atoms with Crippen molar-refractivity contribution in [2.45, 2.75) is 89.8 Å². The Morgan fingerprint density at radius 1 is 1.12 bits per heavy atom. The molecule has 0 aromatic heterocycles. The van der Waals surface area contributed by atoms with E-state index in [1.54, 1.807) is 6.08 Å². The monoisotopic (exact) mass is 340 g/mol. The highest BCUT2D eigenvalue weighted by molar-refractivity contribution is 5.85. The van der Waals surface area contributed by atoms with Gasteiger partial charge in [0.25, 0.3) is 0 Å². The molecule has 140 valence electrons. The number of allylic oxidation sites excluding steroid dienone is 1. The first-order valence-corrected chi connectivity index (χ1v) is 9.78. The van der Waals surface area contributed by atoms with Gasteiger partial charge < -0.3 is 15.3 Å². The molecule has 3 N–H and O–H groups in total. The largest absolute Gasteiger partial charge is 0.396 e. The van der Waals surface area contributed by atoms with Crippen LogP contribution < -0.4 is 0 Å². The number of hydrogen-bond acceptors (Lipinski definition) is 4. The molecule has 0 aliphatic heterocycles. The van der Waals surface area contributed by atoms with Gasteiger partial charge in [0.05, 0.1) is 12.2 Å². The minimum Gasteiger partial charge on any atom is -0.396 e. The van der Waals surface area contributed by atoms with E-state index in [1.807, 2.05) is 6.08 Å². The predicted molar refractivity (Wildman–Crippen MR) is 96.7 cm³/mol. The molecule has 0 aromatic carbocycles. The van der Waals surface area contributed by atoms with Gasteiger partial charge in [-0.1, -0.05) is 64.0 Å². The number of aliphatic hydroxyl groups is 3. The maximum atomic E-state index is 12.1. The number of unbranched alkanes of at least 4 members (excludes halogenated alkanes) is 6. The van der Waals surface area contributed by atoms with Crippen LogP contribution in [-0.2, 0) is 4.79 Å². The summed E-state index contributed by atoms with van der Waals surface area (Å²) in [6.07, 6.45) is 12.7. The zero-order valence-electron chi connectivity index (χ0n) is 15.2. The molecule has 1 rings (SSSR count). The second-order valence-electron chi connectivity index (χ2n) is 7.16. The maximum absolute atomic E-state index is 12.1. The second kappa shape index (κ2) is 12.6. The Hall–Kier alpha value is -0.710. The molecule has 1 aliphatic rings. The molecule has 1 aliphatic carbocycles. The first kappa shape index (κ1) is 21.3. The van der Waals surface area contributed by atoms with Crippen LogP contribution in [0.2, 0.25) is 0 Å². The number of Topliss-reactive ketones (excluding diaryl/α,β-unsaturated/α-hetero) is 1. The van der Waals surface area contributed by atoms with Crippen molar-refractivity contribution in [2.24, 2.45) is 11.8 Å². The minimum atomic E-state index is -0.540. The van der Waals surface area contributed by atoms with Gasteiger partial charge in [-0.05, 0) is 25.2 Å². The predicted octanol–water partition coefficient (Wildman–Crippen LogP) is 3.38. The van der Waals surface area contributed by atoms with Crippen LogP contribution in [0.5, 0.6) is 0 Å². The van der Waals surface area contributed by atoms with E-state index in [0.29, 0.717) is 0 Å². The topological polar surface area (TPSA) is 77.8 Å². The Morgan fingerprint density at radius 3 is 2.54 bits per heavy atom. The normalized spacial score (nSPS) is 25.7. The molecule has 0 amide bonds. The van der Waals surface area contributed by atoms with E-state index in [4.69, 9.17) is 5.11 Å². The molecule has 4 heteroatoms. The molecule has 0 radical (unpaired) electrons. The molecular formula is C20H36O4. The van der Waals surface area contributed by atoms with Crippen LogP contribution in [0.1, 0.15) is 77.6 Å². The molecule has 24 heavy (non-hydrogen) atoms. The molecule has 0 aromatic rings. The average Bonchev–Trinajstić information content (AvgIpc) is 2.82. The van der Waals surface area contributed by atoms with E-state index < -0.39 is 12.2 Å². The molecule has 1 fully saturated rings. The second-order valence-corrected chi connectivity index (χ2v) is 7.16. The minimum absolute atomic E-state index is 0.00515. The van der Waals surface area contributed by atoms with Crippen LogP contribution in [0.4, 0.5) is 0 Å². The molecule has 0 bridgehead atoms. The van der Waals surface area contributed by atoms with Crippen LogP contribution in [0.3, 0.4) is 0 Å². The van der Waals surface area contributed by atoms with Gasteiger partial charge in [0.2, 0.25) is 0 Å². The van der Waals surface area contributed by atoms with E-state index in [-0.39, 0.29) is 30.6 Å². The van der Waals surface area contributed by atoms with Crippen LogP contribution in [0, 0.1) is 11.8 Å². The van der Waals surface area contributed by atoms with Crippen molar-refractivity contribution in [1.82, 2.24) is 0 Å². The lowest BCUT2D eigenvalue weighted by molar-refractivity contribution is -0.120. The summed E-state index contributed by atoms with van der Waals surface area (Å²) >= 11 is 0. The smallest absolute Gasteiger partial charge is 0.142 e. The van der Waals surface area contributed by atoms with Gasteiger partial charge >= 0.3 is 0 Å². The van der Waals surface area contributed by atoms with Crippen molar-refractivity contribution in [2.75, 3.05) is 6.61 Å². The molecule has 0 spiro atoms. The number of rotatable bonds is 13. The number of ketones is 1. The third kappa shape index (κ3) is 7.91. The number of hydrogen-bond donors (Lipinski definition) is 3. The lowest BCUT2D eigenvalue weighted by Gasteiger charge is -2.18. The Bertz CT molecular complexity index is 367. The summed E-state index contributed by atoms with van der Waals surface area (Å²) < 4.78 is 0. The summed E-state index contributed by atoms with van der Waals surface area (Å²) in [5.74, 6) is -0.141. The van der Waals surface area contributed by atoms with E-state index in [9.17, 15) is 15.0 Å². The fourth-order valence-corrected chi connectivity index (χ4v) is 3.56. The quantitative estimate of drug-likeness (QED) is 0.355. The van der Waals surface area contributed by atoms with Gasteiger partial charge in [-0.2, -0.15) is 0 Å². The van der Waals surface area contributed by atoms with Crippen LogP contribution in [0.15, 0.2) is 12.2 Å². The SMILES string of the molecule is CCCCC[C@@H](O)/C=C/[C@H]1C(=O)C[C@H](O)[C@@H]1CCCCCCCO. The summed E-state index contributed by atoms with van der Waals surface area (Å²) in [5, 5.41) is 28.9. The standard InChI is InChI=1S/C20H36O4/c1-2-3-7-10-16(22)12-13-18-17(19(23)15-20(18)24)11-8-5-4-6-9-14-21/h12-13,16-19,21-23H,2-11,14-15H2,1H3/b13-12+/t16-,17-,18-,19+/m1/s1. The highest BCUT2D eigenvalue weighted by Crippen LogP contribution is 2.34. The van der Waals surface area contributed by atoms with E-state index >= 15 is 0 Å². The highest BCUT2D eigenvalue weighted by atomic mass is 16.3. The summed E-state index contributed by atoms with van der Waals surface area (Å²) in [4.78, 5) is 12.1. The molecule has 4 atom stereocenters. The fraction of sp³-hybridized carbons (Fsp3) is 0.850. The Balaban J connectivity index is 2.40. The van der Waals surface area contributed by atoms with Crippen molar-refractivity contribution in [3.05, 3.63) is 12.2 Å². The lowest BCUT2D eigenvalue weighted by Crippen LogP contribution is -2.19. The summed E-state index contributed by atoms with van der Waals surface area (Å²) in [6, 6.07) is 0. The molecule has 0 heterocycles. The van der Waals surface area contributed by atoms with Crippen LogP contribution >= 0.6 is 0 Å². The van der Waals surface area contributed by atoms with Gasteiger partial charge in [0, 0.05) is 18.9 Å². The van der Waals surface area contributed by atoms with Gasteiger partial charge in [-0.25, -0.2) is 0 Å². The summed E-state index contributed by atoms with van der Waals surface area (Å²) in [6.45, 7) is 2.39. The van der Waals surface area contributed by atoms with Gasteiger partial charge in [0.1, 0.15) is 5.78 Å². The van der Waals surface area contributed by atoms with Crippen molar-refractivity contribution in [3.63, 3.8) is 0 Å². The maximum Gasteiger partial charge on any atom is 0.142 e. The van der Waals surface area contributed by atoms with E-state index in [2.05, 4.69) is 6.92 Å². The first-order chi connectivity index (χ1) is 11.6. The molecular weight excluding hydrogens is 304 g/mol. The zero-order valence-corrected chi connectivity index (χ0v) is 15.2. The lowest BCUT2D eigenvalue weighted by atomic mass is 9.88. The molecule has 1 saturated carbocycles. The number of carbonyl (C=O) groups is 1. The van der Waals surface area contributed by atoms with Gasteiger partial charge in [-0.3, -0.25) is 4.79 Å². The number of aliphatic hydroxyl groups excluding tert-OH is 3. The third-order valence-electron chi connectivity index (χ3n) is 5.08. The van der Waals surface area contributed by atoms with Crippen molar-refractivity contribution in [3.8, 4) is 0 Å². The molecule has 0 unspecified atom stereocenters. The van der Waals surface area contributed by atoms with Gasteiger partial charge in [-0.15, -0.1) is 0 Å². The number of carbonyl (C=O) groups excluding carboxylic acids is 1. The van der Waals surface area contributed by atoms with E-state index in [0.717, 1.165) is 64.2 Å². The van der Waals surface area contributed by atoms with E-state index in [1.165, 1.54) is 0 Å². The molecule has 0 saturated heterocycles. The third-order valence-corrected chi connectivity index (χ3v) is 5.08. The van der Waals surface area contributed by atoms with Crippen LogP contribution in [0.25, 0.3) is 0 Å². The zero-order chi connectivity index (χ0) is 17.8. The summed E-state index contributed by atoms with van der Waals surface area (Å²) in [7, 11) is 0. The average molecular weight is 341 g/mol. The van der Waals surface area contributed by atoms with Crippen molar-refractivity contribution < 1.29 is 20.1 Å². The van der Waals surface area contributed by atoms with Crippen molar-refractivity contribution in [1.29, 1.82) is 0 Å². The van der Waals surface area contributed by atoms with Crippen LogP contribution in [-0.4, -0.2) is 39.9 Å².